The first-order valence-electron chi connectivity index (χ1n) is 7.82. The summed E-state index contributed by atoms with van der Waals surface area (Å²) in [6.07, 6.45) is 4.50. The molecule has 1 heterocycles. The molecule has 1 aliphatic carbocycles. The van der Waals surface area contributed by atoms with Crippen LogP contribution in [-0.2, 0) is 4.74 Å². The molecule has 1 atom stereocenters. The minimum absolute atomic E-state index is 0.0987. The molecular formula is C17H24FNO2. The van der Waals surface area contributed by atoms with Gasteiger partial charge in [-0.25, -0.2) is 4.39 Å². The predicted molar refractivity (Wildman–Crippen MR) is 80.0 cm³/mol. The lowest BCUT2D eigenvalue weighted by Gasteiger charge is -2.45. The van der Waals surface area contributed by atoms with Gasteiger partial charge in [-0.05, 0) is 43.7 Å². The molecule has 1 aromatic rings. The topological polar surface area (TPSA) is 30.5 Å². The van der Waals surface area contributed by atoms with Crippen LogP contribution in [0.3, 0.4) is 0 Å². The van der Waals surface area contributed by atoms with Gasteiger partial charge >= 0.3 is 0 Å². The highest BCUT2D eigenvalue weighted by molar-refractivity contribution is 5.37. The maximum Gasteiger partial charge on any atom is 0.132 e. The molecule has 3 nitrogen and oxygen atoms in total. The lowest BCUT2D eigenvalue weighted by atomic mass is 9.77. The first-order valence-corrected chi connectivity index (χ1v) is 7.82. The lowest BCUT2D eigenvalue weighted by Crippen LogP contribution is -2.56. The monoisotopic (exact) mass is 293 g/mol. The van der Waals surface area contributed by atoms with Gasteiger partial charge in [0.25, 0.3) is 0 Å². The predicted octanol–water partition coefficient (Wildman–Crippen LogP) is 3.44. The van der Waals surface area contributed by atoms with E-state index in [1.165, 1.54) is 18.9 Å². The van der Waals surface area contributed by atoms with Crippen molar-refractivity contribution in [2.75, 3.05) is 20.3 Å². The Balaban J connectivity index is 1.72. The van der Waals surface area contributed by atoms with Gasteiger partial charge in [0.1, 0.15) is 17.7 Å². The third-order valence-electron chi connectivity index (χ3n) is 5.01. The smallest absolute Gasteiger partial charge is 0.132 e. The normalized spacial score (nSPS) is 33.1. The molecule has 116 valence electrons. The van der Waals surface area contributed by atoms with Crippen molar-refractivity contribution >= 4 is 0 Å². The van der Waals surface area contributed by atoms with Crippen LogP contribution in [0, 0.1) is 11.7 Å². The Kier molecular flexibility index (Phi) is 4.18. The summed E-state index contributed by atoms with van der Waals surface area (Å²) in [7, 11) is 1.57. The van der Waals surface area contributed by atoms with E-state index in [4.69, 9.17) is 9.47 Å². The fourth-order valence-electron chi connectivity index (χ4n) is 3.51. The van der Waals surface area contributed by atoms with Gasteiger partial charge in [0.2, 0.25) is 0 Å². The Labute approximate surface area is 125 Å². The molecule has 1 aromatic carbocycles. The van der Waals surface area contributed by atoms with Gasteiger partial charge in [-0.3, -0.25) is 0 Å². The first kappa shape index (κ1) is 14.8. The summed E-state index contributed by atoms with van der Waals surface area (Å²) in [5.41, 5.74) is 0.633. The molecule has 1 unspecified atom stereocenters. The number of hydrogen-bond donors (Lipinski definition) is 1. The minimum atomic E-state index is -0.272. The van der Waals surface area contributed by atoms with Crippen LogP contribution in [0.2, 0.25) is 0 Å². The Bertz CT molecular complexity index is 488. The van der Waals surface area contributed by atoms with Crippen LogP contribution in [0.25, 0.3) is 0 Å². The molecule has 0 radical (unpaired) electrons. The molecule has 0 aromatic heterocycles. The number of hydrogen-bond acceptors (Lipinski definition) is 3. The van der Waals surface area contributed by atoms with Crippen LogP contribution in [0.1, 0.15) is 44.3 Å². The van der Waals surface area contributed by atoms with Crippen molar-refractivity contribution < 1.29 is 13.9 Å². The molecule has 1 saturated carbocycles. The molecular weight excluding hydrogens is 269 g/mol. The molecule has 1 N–H and O–H groups in total. The number of methoxy groups -OCH3 is 1. The quantitative estimate of drug-likeness (QED) is 0.906. The summed E-state index contributed by atoms with van der Waals surface area (Å²) in [6.45, 7) is 3.61. The number of nitrogens with one attached hydrogen (secondary N) is 1. The van der Waals surface area contributed by atoms with E-state index < -0.39 is 0 Å². The lowest BCUT2D eigenvalue weighted by molar-refractivity contribution is -0.0524. The number of morpholine rings is 1. The molecule has 0 bridgehead atoms. The van der Waals surface area contributed by atoms with Crippen molar-refractivity contribution in [1.29, 1.82) is 0 Å². The molecule has 1 spiro atoms. The van der Waals surface area contributed by atoms with Gasteiger partial charge < -0.3 is 14.8 Å². The Morgan fingerprint density at radius 3 is 2.71 bits per heavy atom. The SMILES string of the molecule is COc1cccc(F)c1C1CNC2(CCC(C)CC2)CO1. The number of rotatable bonds is 2. The van der Waals surface area contributed by atoms with Crippen LogP contribution in [0.4, 0.5) is 4.39 Å². The highest BCUT2D eigenvalue weighted by Gasteiger charge is 2.39. The van der Waals surface area contributed by atoms with Crippen molar-refractivity contribution in [3.05, 3.63) is 29.6 Å². The van der Waals surface area contributed by atoms with Crippen molar-refractivity contribution in [3.63, 3.8) is 0 Å². The highest BCUT2D eigenvalue weighted by atomic mass is 19.1. The fraction of sp³-hybridized carbons (Fsp3) is 0.647. The summed E-state index contributed by atoms with van der Waals surface area (Å²) >= 11 is 0. The van der Waals surface area contributed by atoms with Crippen LogP contribution in [0.5, 0.6) is 5.75 Å². The number of benzene rings is 1. The van der Waals surface area contributed by atoms with Gasteiger partial charge in [-0.2, -0.15) is 0 Å². The fourth-order valence-corrected chi connectivity index (χ4v) is 3.51. The van der Waals surface area contributed by atoms with E-state index >= 15 is 0 Å². The zero-order valence-electron chi connectivity index (χ0n) is 12.8. The van der Waals surface area contributed by atoms with Crippen LogP contribution in [0.15, 0.2) is 18.2 Å². The van der Waals surface area contributed by atoms with Crippen LogP contribution in [-0.4, -0.2) is 25.8 Å². The Morgan fingerprint density at radius 1 is 1.33 bits per heavy atom. The molecule has 2 aliphatic rings. The second kappa shape index (κ2) is 5.93. The second-order valence-electron chi connectivity index (χ2n) is 6.50. The summed E-state index contributed by atoms with van der Waals surface area (Å²) in [6, 6.07) is 4.92. The summed E-state index contributed by atoms with van der Waals surface area (Å²) in [5, 5.41) is 3.63. The molecule has 4 heteroatoms. The zero-order chi connectivity index (χ0) is 14.9. The summed E-state index contributed by atoms with van der Waals surface area (Å²) in [5.74, 6) is 1.12. The van der Waals surface area contributed by atoms with Crippen molar-refractivity contribution in [1.82, 2.24) is 5.32 Å². The zero-order valence-corrected chi connectivity index (χ0v) is 12.8. The van der Waals surface area contributed by atoms with Gasteiger partial charge in [0.15, 0.2) is 0 Å². The first-order chi connectivity index (χ1) is 10.1. The molecule has 3 rings (SSSR count). The Hall–Kier alpha value is -1.13. The van der Waals surface area contributed by atoms with E-state index in [-0.39, 0.29) is 17.5 Å². The summed E-state index contributed by atoms with van der Waals surface area (Å²) < 4.78 is 25.4. The molecule has 21 heavy (non-hydrogen) atoms. The van der Waals surface area contributed by atoms with Gasteiger partial charge in [-0.15, -0.1) is 0 Å². The average molecular weight is 293 g/mol. The van der Waals surface area contributed by atoms with Gasteiger partial charge in [-0.1, -0.05) is 13.0 Å². The van der Waals surface area contributed by atoms with E-state index in [9.17, 15) is 4.39 Å². The molecule has 0 amide bonds. The second-order valence-corrected chi connectivity index (χ2v) is 6.50. The molecule has 2 fully saturated rings. The third-order valence-corrected chi connectivity index (χ3v) is 5.01. The number of halogens is 1. The maximum absolute atomic E-state index is 14.1. The van der Waals surface area contributed by atoms with Crippen molar-refractivity contribution in [2.24, 2.45) is 5.92 Å². The van der Waals surface area contributed by atoms with Gasteiger partial charge in [0, 0.05) is 12.1 Å². The van der Waals surface area contributed by atoms with E-state index in [2.05, 4.69) is 12.2 Å². The highest BCUT2D eigenvalue weighted by Crippen LogP contribution is 2.38. The van der Waals surface area contributed by atoms with Crippen molar-refractivity contribution in [3.8, 4) is 5.75 Å². The molecule has 1 saturated heterocycles. The van der Waals surface area contributed by atoms with E-state index in [0.717, 1.165) is 18.8 Å². The summed E-state index contributed by atoms with van der Waals surface area (Å²) in [4.78, 5) is 0. The van der Waals surface area contributed by atoms with E-state index in [1.54, 1.807) is 19.2 Å². The standard InChI is InChI=1S/C17H24FNO2/c1-12-6-8-17(9-7-12)11-21-15(10-19-17)16-13(18)4-3-5-14(16)20-2/h3-5,12,15,19H,6-11H2,1-2H3. The van der Waals surface area contributed by atoms with Gasteiger partial charge in [0.05, 0.1) is 19.3 Å². The van der Waals surface area contributed by atoms with Crippen LogP contribution >= 0.6 is 0 Å². The van der Waals surface area contributed by atoms with E-state index in [1.807, 2.05) is 0 Å². The largest absolute Gasteiger partial charge is 0.496 e. The Morgan fingerprint density at radius 2 is 2.10 bits per heavy atom. The average Bonchev–Trinajstić information content (AvgIpc) is 2.51. The third kappa shape index (κ3) is 2.92. The van der Waals surface area contributed by atoms with E-state index in [0.29, 0.717) is 24.5 Å². The minimum Gasteiger partial charge on any atom is -0.496 e. The number of ether oxygens (including phenoxy) is 2. The molecule has 1 aliphatic heterocycles. The maximum atomic E-state index is 14.1. The van der Waals surface area contributed by atoms with Crippen molar-refractivity contribution in [2.45, 2.75) is 44.2 Å². The van der Waals surface area contributed by atoms with Crippen LogP contribution < -0.4 is 10.1 Å².